The Bertz CT molecular complexity index is 288. The second-order valence-electron chi connectivity index (χ2n) is 3.72. The second-order valence-corrected chi connectivity index (χ2v) is 4.13. The summed E-state index contributed by atoms with van der Waals surface area (Å²) in [4.78, 5) is 4.23. The molecule has 3 N–H and O–H groups in total. The molecule has 1 unspecified atom stereocenters. The minimum absolute atomic E-state index is 0.0312. The highest BCUT2D eigenvalue weighted by Gasteiger charge is 2.15. The first-order valence-electron chi connectivity index (χ1n) is 4.71. The number of rotatable bonds is 4. The monoisotopic (exact) mass is 213 g/mol. The Morgan fingerprint density at radius 1 is 1.57 bits per heavy atom. The lowest BCUT2D eigenvalue weighted by Crippen LogP contribution is -2.29. The SMILES string of the molecule is CC(C)CC(NN)c1ncccc1Cl. The van der Waals surface area contributed by atoms with Crippen LogP contribution in [0, 0.1) is 5.92 Å². The van der Waals surface area contributed by atoms with Crippen molar-refractivity contribution in [3.63, 3.8) is 0 Å². The van der Waals surface area contributed by atoms with Crippen molar-refractivity contribution in [2.75, 3.05) is 0 Å². The Labute approximate surface area is 89.6 Å². The number of hydrazine groups is 1. The number of hydrogen-bond acceptors (Lipinski definition) is 3. The topological polar surface area (TPSA) is 50.9 Å². The Morgan fingerprint density at radius 2 is 2.29 bits per heavy atom. The molecule has 3 nitrogen and oxygen atoms in total. The van der Waals surface area contributed by atoms with Crippen LogP contribution < -0.4 is 11.3 Å². The Kier molecular flexibility index (Phi) is 4.32. The van der Waals surface area contributed by atoms with Gasteiger partial charge in [0.05, 0.1) is 16.8 Å². The van der Waals surface area contributed by atoms with Gasteiger partial charge in [0.2, 0.25) is 0 Å². The lowest BCUT2D eigenvalue weighted by molar-refractivity contribution is 0.430. The minimum atomic E-state index is 0.0312. The van der Waals surface area contributed by atoms with Crippen molar-refractivity contribution in [2.45, 2.75) is 26.3 Å². The molecule has 0 saturated carbocycles. The summed E-state index contributed by atoms with van der Waals surface area (Å²) < 4.78 is 0. The molecule has 0 aliphatic rings. The fourth-order valence-electron chi connectivity index (χ4n) is 1.38. The van der Waals surface area contributed by atoms with Gasteiger partial charge in [-0.2, -0.15) is 0 Å². The quantitative estimate of drug-likeness (QED) is 0.596. The summed E-state index contributed by atoms with van der Waals surface area (Å²) in [7, 11) is 0. The summed E-state index contributed by atoms with van der Waals surface area (Å²) in [6.07, 6.45) is 2.65. The normalized spacial score (nSPS) is 13.2. The maximum Gasteiger partial charge on any atom is 0.0772 e. The number of nitrogens with two attached hydrogens (primary N) is 1. The third-order valence-electron chi connectivity index (χ3n) is 2.03. The highest BCUT2D eigenvalue weighted by Crippen LogP contribution is 2.24. The maximum atomic E-state index is 6.02. The first-order chi connectivity index (χ1) is 6.65. The molecule has 0 aliphatic heterocycles. The van der Waals surface area contributed by atoms with Crippen LogP contribution in [0.4, 0.5) is 0 Å². The zero-order valence-electron chi connectivity index (χ0n) is 8.50. The molecule has 1 rings (SSSR count). The first kappa shape index (κ1) is 11.4. The van der Waals surface area contributed by atoms with E-state index in [1.54, 1.807) is 6.20 Å². The van der Waals surface area contributed by atoms with Crippen LogP contribution in [0.5, 0.6) is 0 Å². The lowest BCUT2D eigenvalue weighted by Gasteiger charge is -2.18. The van der Waals surface area contributed by atoms with E-state index in [-0.39, 0.29) is 6.04 Å². The van der Waals surface area contributed by atoms with Crippen LogP contribution in [-0.2, 0) is 0 Å². The van der Waals surface area contributed by atoms with Crippen LogP contribution in [0.2, 0.25) is 5.02 Å². The van der Waals surface area contributed by atoms with Gasteiger partial charge in [-0.15, -0.1) is 0 Å². The van der Waals surface area contributed by atoms with Crippen molar-refractivity contribution in [2.24, 2.45) is 11.8 Å². The number of aromatic nitrogens is 1. The molecule has 78 valence electrons. The average molecular weight is 214 g/mol. The highest BCUT2D eigenvalue weighted by atomic mass is 35.5. The van der Waals surface area contributed by atoms with Crippen LogP contribution in [0.1, 0.15) is 32.0 Å². The standard InChI is InChI=1S/C10H16ClN3/c1-7(2)6-9(14-12)10-8(11)4-3-5-13-10/h3-5,7,9,14H,6,12H2,1-2H3. The van der Waals surface area contributed by atoms with Gasteiger partial charge < -0.3 is 0 Å². The molecule has 0 aliphatic carbocycles. The van der Waals surface area contributed by atoms with Crippen LogP contribution in [0.15, 0.2) is 18.3 Å². The highest BCUT2D eigenvalue weighted by molar-refractivity contribution is 6.31. The average Bonchev–Trinajstić information content (AvgIpc) is 2.15. The number of nitrogens with zero attached hydrogens (tertiary/aromatic N) is 1. The van der Waals surface area contributed by atoms with Crippen LogP contribution in [-0.4, -0.2) is 4.98 Å². The van der Waals surface area contributed by atoms with Crippen molar-refractivity contribution >= 4 is 11.6 Å². The van der Waals surface area contributed by atoms with Gasteiger partial charge in [0, 0.05) is 6.20 Å². The fraction of sp³-hybridized carbons (Fsp3) is 0.500. The van der Waals surface area contributed by atoms with Gasteiger partial charge in [-0.25, -0.2) is 0 Å². The summed E-state index contributed by atoms with van der Waals surface area (Å²) in [5.41, 5.74) is 3.57. The van der Waals surface area contributed by atoms with Crippen LogP contribution >= 0.6 is 11.6 Å². The van der Waals surface area contributed by atoms with E-state index in [2.05, 4.69) is 24.3 Å². The lowest BCUT2D eigenvalue weighted by atomic mass is 10.0. The Hall–Kier alpha value is -0.640. The van der Waals surface area contributed by atoms with E-state index < -0.39 is 0 Å². The van der Waals surface area contributed by atoms with Gasteiger partial charge in [0.25, 0.3) is 0 Å². The van der Waals surface area contributed by atoms with E-state index in [0.29, 0.717) is 10.9 Å². The van der Waals surface area contributed by atoms with Crippen molar-refractivity contribution in [1.82, 2.24) is 10.4 Å². The first-order valence-corrected chi connectivity index (χ1v) is 5.09. The third-order valence-corrected chi connectivity index (χ3v) is 2.34. The van der Waals surface area contributed by atoms with Gasteiger partial charge in [-0.05, 0) is 24.5 Å². The van der Waals surface area contributed by atoms with E-state index in [1.807, 2.05) is 12.1 Å². The molecule has 4 heteroatoms. The molecule has 14 heavy (non-hydrogen) atoms. The number of nitrogens with one attached hydrogen (secondary N) is 1. The minimum Gasteiger partial charge on any atom is -0.271 e. The van der Waals surface area contributed by atoms with E-state index in [1.165, 1.54) is 0 Å². The van der Waals surface area contributed by atoms with E-state index in [0.717, 1.165) is 12.1 Å². The van der Waals surface area contributed by atoms with Gasteiger partial charge in [-0.3, -0.25) is 16.3 Å². The van der Waals surface area contributed by atoms with Gasteiger partial charge in [0.1, 0.15) is 0 Å². The fourth-order valence-corrected chi connectivity index (χ4v) is 1.64. The molecule has 0 bridgehead atoms. The summed E-state index contributed by atoms with van der Waals surface area (Å²) in [6, 6.07) is 3.67. The van der Waals surface area contributed by atoms with Crippen molar-refractivity contribution in [3.8, 4) is 0 Å². The molecule has 1 atom stereocenters. The maximum absolute atomic E-state index is 6.02. The Morgan fingerprint density at radius 3 is 2.79 bits per heavy atom. The molecular formula is C10H16ClN3. The Balaban J connectivity index is 2.83. The molecule has 1 heterocycles. The molecular weight excluding hydrogens is 198 g/mol. The molecule has 0 amide bonds. The number of hydrogen-bond donors (Lipinski definition) is 2. The number of pyridine rings is 1. The molecule has 0 spiro atoms. The van der Waals surface area contributed by atoms with Gasteiger partial charge in [-0.1, -0.05) is 25.4 Å². The predicted octanol–water partition coefficient (Wildman–Crippen LogP) is 2.29. The largest absolute Gasteiger partial charge is 0.271 e. The third kappa shape index (κ3) is 2.94. The molecule has 0 aromatic carbocycles. The number of halogens is 1. The summed E-state index contributed by atoms with van der Waals surface area (Å²) in [6.45, 7) is 4.28. The van der Waals surface area contributed by atoms with E-state index in [9.17, 15) is 0 Å². The molecule has 0 saturated heterocycles. The molecule has 1 aromatic rings. The predicted molar refractivity (Wildman–Crippen MR) is 58.8 cm³/mol. The zero-order valence-corrected chi connectivity index (χ0v) is 9.25. The van der Waals surface area contributed by atoms with Gasteiger partial charge in [0.15, 0.2) is 0 Å². The van der Waals surface area contributed by atoms with Crippen LogP contribution in [0.25, 0.3) is 0 Å². The smallest absolute Gasteiger partial charge is 0.0772 e. The summed E-state index contributed by atoms with van der Waals surface area (Å²) in [5, 5.41) is 0.663. The molecule has 1 aromatic heterocycles. The van der Waals surface area contributed by atoms with Gasteiger partial charge >= 0.3 is 0 Å². The molecule has 0 fully saturated rings. The van der Waals surface area contributed by atoms with E-state index >= 15 is 0 Å². The van der Waals surface area contributed by atoms with Crippen molar-refractivity contribution in [1.29, 1.82) is 0 Å². The van der Waals surface area contributed by atoms with Crippen molar-refractivity contribution < 1.29 is 0 Å². The summed E-state index contributed by atoms with van der Waals surface area (Å²) >= 11 is 6.02. The van der Waals surface area contributed by atoms with Crippen molar-refractivity contribution in [3.05, 3.63) is 29.0 Å². The second kappa shape index (κ2) is 5.29. The van der Waals surface area contributed by atoms with Crippen LogP contribution in [0.3, 0.4) is 0 Å². The zero-order chi connectivity index (χ0) is 10.6. The molecule has 0 radical (unpaired) electrons. The summed E-state index contributed by atoms with van der Waals surface area (Å²) in [5.74, 6) is 6.02. The van der Waals surface area contributed by atoms with E-state index in [4.69, 9.17) is 17.4 Å².